The smallest absolute Gasteiger partial charge is 0.315 e. The molecule has 1 atom stereocenters. The van der Waals surface area contributed by atoms with E-state index in [0.717, 1.165) is 5.56 Å². The van der Waals surface area contributed by atoms with Crippen LogP contribution in [0.5, 0.6) is 0 Å². The largest absolute Gasteiger partial charge is 0.347 e. The van der Waals surface area contributed by atoms with E-state index in [1.807, 2.05) is 37.3 Å². The molecule has 0 fully saturated rings. The van der Waals surface area contributed by atoms with Gasteiger partial charge in [0.25, 0.3) is 0 Å². The van der Waals surface area contributed by atoms with Crippen molar-refractivity contribution in [1.29, 1.82) is 0 Å². The Morgan fingerprint density at radius 2 is 1.84 bits per heavy atom. The highest BCUT2D eigenvalue weighted by Crippen LogP contribution is 2.05. The van der Waals surface area contributed by atoms with E-state index in [9.17, 15) is 9.59 Å². The van der Waals surface area contributed by atoms with Crippen LogP contribution in [0.1, 0.15) is 12.5 Å². The third-order valence-electron chi connectivity index (χ3n) is 2.66. The molecule has 0 aliphatic rings. The Hall–Kier alpha value is -2.04. The minimum Gasteiger partial charge on any atom is -0.347 e. The van der Waals surface area contributed by atoms with Crippen LogP contribution in [0.25, 0.3) is 0 Å². The molecule has 3 amide bonds. The van der Waals surface area contributed by atoms with Gasteiger partial charge in [-0.05, 0) is 12.5 Å². The lowest BCUT2D eigenvalue weighted by molar-refractivity contribution is -0.130. The Balaban J connectivity index is 2.75. The van der Waals surface area contributed by atoms with Crippen molar-refractivity contribution < 1.29 is 9.59 Å². The van der Waals surface area contributed by atoms with Crippen LogP contribution < -0.4 is 10.6 Å². The minimum absolute atomic E-state index is 0.116. The fraction of sp³-hybridized carbons (Fsp3) is 0.429. The topological polar surface area (TPSA) is 61.4 Å². The first kappa shape index (κ1) is 15.0. The maximum absolute atomic E-state index is 12.1. The Morgan fingerprint density at radius 1 is 1.21 bits per heavy atom. The van der Waals surface area contributed by atoms with Crippen molar-refractivity contribution in [3.05, 3.63) is 35.9 Å². The quantitative estimate of drug-likeness (QED) is 0.832. The Labute approximate surface area is 114 Å². The summed E-state index contributed by atoms with van der Waals surface area (Å²) in [6.07, 6.45) is 0.481. The summed E-state index contributed by atoms with van der Waals surface area (Å²) in [4.78, 5) is 25.1. The Kier molecular flexibility index (Phi) is 5.85. The Bertz CT molecular complexity index is 418. The zero-order valence-electron chi connectivity index (χ0n) is 11.6. The molecule has 0 spiro atoms. The van der Waals surface area contributed by atoms with Gasteiger partial charge >= 0.3 is 6.03 Å². The summed E-state index contributed by atoms with van der Waals surface area (Å²) in [5.41, 5.74) is 1.01. The van der Waals surface area contributed by atoms with Gasteiger partial charge in [-0.25, -0.2) is 4.79 Å². The zero-order valence-corrected chi connectivity index (χ0v) is 11.6. The van der Waals surface area contributed by atoms with E-state index in [-0.39, 0.29) is 11.9 Å². The van der Waals surface area contributed by atoms with Crippen LogP contribution in [0.3, 0.4) is 0 Å². The van der Waals surface area contributed by atoms with Gasteiger partial charge in [0.05, 0.1) is 0 Å². The number of benzene rings is 1. The number of nitrogens with one attached hydrogen (secondary N) is 2. The van der Waals surface area contributed by atoms with Crippen molar-refractivity contribution in [2.24, 2.45) is 0 Å². The highest BCUT2D eigenvalue weighted by molar-refractivity contribution is 5.87. The van der Waals surface area contributed by atoms with Crippen molar-refractivity contribution in [2.45, 2.75) is 19.4 Å². The highest BCUT2D eigenvalue weighted by Gasteiger charge is 2.22. The summed E-state index contributed by atoms with van der Waals surface area (Å²) in [5, 5.41) is 5.34. The Morgan fingerprint density at radius 3 is 2.37 bits per heavy atom. The molecule has 0 saturated carbocycles. The molecule has 5 heteroatoms. The molecule has 0 aliphatic heterocycles. The predicted molar refractivity (Wildman–Crippen MR) is 74.8 cm³/mol. The van der Waals surface area contributed by atoms with Crippen molar-refractivity contribution in [3.8, 4) is 0 Å². The summed E-state index contributed by atoms with van der Waals surface area (Å²) in [5.74, 6) is -0.116. The van der Waals surface area contributed by atoms with Gasteiger partial charge in [-0.2, -0.15) is 0 Å². The lowest BCUT2D eigenvalue weighted by Gasteiger charge is -2.22. The van der Waals surface area contributed by atoms with Crippen LogP contribution in [0.2, 0.25) is 0 Å². The maximum Gasteiger partial charge on any atom is 0.315 e. The number of carbonyl (C=O) groups excluding carboxylic acids is 2. The standard InChI is InChI=1S/C14H21N3O2/c1-4-15-14(19)16-12(13(18)17(2)3)10-11-8-6-5-7-9-11/h5-9,12H,4,10H2,1-3H3,(H2,15,16,19). The zero-order chi connectivity index (χ0) is 14.3. The lowest BCUT2D eigenvalue weighted by atomic mass is 10.1. The molecular formula is C14H21N3O2. The fourth-order valence-electron chi connectivity index (χ4n) is 1.73. The molecule has 104 valence electrons. The third kappa shape index (κ3) is 4.99. The first-order valence-electron chi connectivity index (χ1n) is 6.34. The molecule has 1 aromatic carbocycles. The van der Waals surface area contributed by atoms with Gasteiger partial charge in [0, 0.05) is 27.1 Å². The van der Waals surface area contributed by atoms with Crippen LogP contribution in [0.4, 0.5) is 4.79 Å². The van der Waals surface area contributed by atoms with E-state index < -0.39 is 6.04 Å². The van der Waals surface area contributed by atoms with Gasteiger partial charge in [0.15, 0.2) is 0 Å². The molecule has 1 unspecified atom stereocenters. The second-order valence-corrected chi connectivity index (χ2v) is 4.48. The van der Waals surface area contributed by atoms with E-state index in [0.29, 0.717) is 13.0 Å². The van der Waals surface area contributed by atoms with E-state index in [4.69, 9.17) is 0 Å². The van der Waals surface area contributed by atoms with Crippen LogP contribution >= 0.6 is 0 Å². The molecule has 0 aliphatic carbocycles. The van der Waals surface area contributed by atoms with Crippen molar-refractivity contribution >= 4 is 11.9 Å². The second-order valence-electron chi connectivity index (χ2n) is 4.48. The summed E-state index contributed by atoms with van der Waals surface area (Å²) in [6.45, 7) is 2.36. The molecular weight excluding hydrogens is 242 g/mol. The first-order valence-corrected chi connectivity index (χ1v) is 6.34. The molecule has 0 heterocycles. The molecule has 19 heavy (non-hydrogen) atoms. The predicted octanol–water partition coefficient (Wildman–Crippen LogP) is 1.00. The number of urea groups is 1. The first-order chi connectivity index (χ1) is 9.04. The summed E-state index contributed by atoms with van der Waals surface area (Å²) in [7, 11) is 3.36. The van der Waals surface area contributed by atoms with E-state index in [1.54, 1.807) is 14.1 Å². The van der Waals surface area contributed by atoms with Gasteiger partial charge in [-0.1, -0.05) is 30.3 Å². The van der Waals surface area contributed by atoms with Gasteiger partial charge in [-0.15, -0.1) is 0 Å². The average molecular weight is 263 g/mol. The highest BCUT2D eigenvalue weighted by atomic mass is 16.2. The second kappa shape index (κ2) is 7.41. The molecule has 5 nitrogen and oxygen atoms in total. The maximum atomic E-state index is 12.1. The molecule has 1 rings (SSSR count). The third-order valence-corrected chi connectivity index (χ3v) is 2.66. The molecule has 0 saturated heterocycles. The SMILES string of the molecule is CCNC(=O)NC(Cc1ccccc1)C(=O)N(C)C. The fourth-order valence-corrected chi connectivity index (χ4v) is 1.73. The van der Waals surface area contributed by atoms with Crippen LogP contribution in [-0.2, 0) is 11.2 Å². The monoisotopic (exact) mass is 263 g/mol. The number of likely N-dealkylation sites (N-methyl/N-ethyl adjacent to an activating group) is 1. The van der Waals surface area contributed by atoms with E-state index in [1.165, 1.54) is 4.90 Å². The number of carbonyl (C=O) groups is 2. The van der Waals surface area contributed by atoms with Crippen molar-refractivity contribution in [3.63, 3.8) is 0 Å². The van der Waals surface area contributed by atoms with Crippen molar-refractivity contribution in [1.82, 2.24) is 15.5 Å². The lowest BCUT2D eigenvalue weighted by Crippen LogP contribution is -2.50. The molecule has 0 bridgehead atoms. The van der Waals surface area contributed by atoms with Gasteiger partial charge in [0.1, 0.15) is 6.04 Å². The number of nitrogens with zero attached hydrogens (tertiary/aromatic N) is 1. The van der Waals surface area contributed by atoms with Crippen LogP contribution in [0.15, 0.2) is 30.3 Å². The van der Waals surface area contributed by atoms with Crippen LogP contribution in [-0.4, -0.2) is 43.5 Å². The van der Waals surface area contributed by atoms with Crippen LogP contribution in [0, 0.1) is 0 Å². The number of amides is 3. The number of hydrogen-bond acceptors (Lipinski definition) is 2. The summed E-state index contributed by atoms with van der Waals surface area (Å²) >= 11 is 0. The van der Waals surface area contributed by atoms with Gasteiger partial charge in [-0.3, -0.25) is 4.79 Å². The summed E-state index contributed by atoms with van der Waals surface area (Å²) in [6, 6.07) is 8.76. The molecule has 2 N–H and O–H groups in total. The summed E-state index contributed by atoms with van der Waals surface area (Å²) < 4.78 is 0. The number of hydrogen-bond donors (Lipinski definition) is 2. The van der Waals surface area contributed by atoms with E-state index >= 15 is 0 Å². The van der Waals surface area contributed by atoms with Gasteiger partial charge in [0.2, 0.25) is 5.91 Å². The van der Waals surface area contributed by atoms with Crippen molar-refractivity contribution in [2.75, 3.05) is 20.6 Å². The van der Waals surface area contributed by atoms with Gasteiger partial charge < -0.3 is 15.5 Å². The molecule has 0 aromatic heterocycles. The number of rotatable bonds is 5. The minimum atomic E-state index is -0.552. The molecule has 0 radical (unpaired) electrons. The van der Waals surface area contributed by atoms with E-state index in [2.05, 4.69) is 10.6 Å². The molecule has 1 aromatic rings. The average Bonchev–Trinajstić information content (AvgIpc) is 2.38. The normalized spacial score (nSPS) is 11.5.